The molecule has 0 aromatic heterocycles. The van der Waals surface area contributed by atoms with Gasteiger partial charge in [-0.25, -0.2) is 4.39 Å². The Bertz CT molecular complexity index is 983. The summed E-state index contributed by atoms with van der Waals surface area (Å²) in [4.78, 5) is 39.7. The number of amides is 3. The van der Waals surface area contributed by atoms with Gasteiger partial charge in [-0.1, -0.05) is 32.0 Å². The van der Waals surface area contributed by atoms with Crippen molar-refractivity contribution in [3.63, 3.8) is 0 Å². The number of fused-ring (bicyclic) bond motifs is 2. The highest BCUT2D eigenvalue weighted by Crippen LogP contribution is 2.29. The monoisotopic (exact) mass is 395 g/mol. The first kappa shape index (κ1) is 19.3. The van der Waals surface area contributed by atoms with Gasteiger partial charge in [-0.3, -0.25) is 19.3 Å². The molecule has 0 saturated carbocycles. The Kier molecular flexibility index (Phi) is 4.92. The van der Waals surface area contributed by atoms with E-state index in [0.717, 1.165) is 10.5 Å². The molecule has 0 fully saturated rings. The van der Waals surface area contributed by atoms with Crippen LogP contribution in [0.4, 0.5) is 10.1 Å². The van der Waals surface area contributed by atoms with Crippen molar-refractivity contribution < 1.29 is 18.8 Å². The van der Waals surface area contributed by atoms with Crippen molar-refractivity contribution in [2.45, 2.75) is 32.9 Å². The van der Waals surface area contributed by atoms with Gasteiger partial charge in [-0.2, -0.15) is 0 Å². The van der Waals surface area contributed by atoms with Crippen LogP contribution < -0.4 is 10.6 Å². The Morgan fingerprint density at radius 3 is 2.38 bits per heavy atom. The molecule has 2 aliphatic heterocycles. The summed E-state index contributed by atoms with van der Waals surface area (Å²) in [5, 5.41) is 5.79. The average molecular weight is 395 g/mol. The van der Waals surface area contributed by atoms with Crippen LogP contribution in [0.1, 0.15) is 45.7 Å². The zero-order valence-corrected chi connectivity index (χ0v) is 16.3. The van der Waals surface area contributed by atoms with Crippen molar-refractivity contribution in [2.75, 3.05) is 11.9 Å². The van der Waals surface area contributed by atoms with Crippen molar-refractivity contribution in [3.8, 4) is 0 Å². The van der Waals surface area contributed by atoms with Gasteiger partial charge < -0.3 is 10.6 Å². The number of halogens is 1. The third-order valence-corrected chi connectivity index (χ3v) is 5.47. The van der Waals surface area contributed by atoms with Crippen LogP contribution in [-0.2, 0) is 17.8 Å². The normalized spacial score (nSPS) is 16.6. The summed E-state index contributed by atoms with van der Waals surface area (Å²) in [6, 6.07) is 8.76. The van der Waals surface area contributed by atoms with E-state index in [4.69, 9.17) is 0 Å². The minimum Gasteiger partial charge on any atom is -0.322 e. The van der Waals surface area contributed by atoms with Crippen LogP contribution in [0.2, 0.25) is 0 Å². The summed E-state index contributed by atoms with van der Waals surface area (Å²) in [6.45, 7) is 4.76. The third-order valence-electron chi connectivity index (χ3n) is 5.47. The number of hydrogen-bond donors (Lipinski definition) is 2. The molecule has 2 aromatic rings. The first-order valence-corrected chi connectivity index (χ1v) is 9.69. The van der Waals surface area contributed by atoms with E-state index in [1.54, 1.807) is 44.2 Å². The molecule has 2 N–H and O–H groups in total. The summed E-state index contributed by atoms with van der Waals surface area (Å²) in [5.74, 6) is -2.39. The Balaban J connectivity index is 1.63. The molecule has 0 bridgehead atoms. The van der Waals surface area contributed by atoms with E-state index in [-0.39, 0.29) is 22.7 Å². The fraction of sp³-hybridized carbons (Fsp3) is 0.318. The van der Waals surface area contributed by atoms with Gasteiger partial charge in [0.15, 0.2) is 0 Å². The van der Waals surface area contributed by atoms with Gasteiger partial charge in [-0.15, -0.1) is 0 Å². The van der Waals surface area contributed by atoms with Crippen LogP contribution >= 0.6 is 0 Å². The average Bonchev–Trinajstić information content (AvgIpc) is 2.96. The van der Waals surface area contributed by atoms with Gasteiger partial charge in [0.1, 0.15) is 11.9 Å². The van der Waals surface area contributed by atoms with Crippen molar-refractivity contribution >= 4 is 23.4 Å². The summed E-state index contributed by atoms with van der Waals surface area (Å²) in [6.07, 6.45) is 0.539. The number of carbonyl (C=O) groups excluding carboxylic acids is 3. The molecule has 0 aliphatic carbocycles. The molecule has 3 amide bonds. The summed E-state index contributed by atoms with van der Waals surface area (Å²) < 4.78 is 14.9. The molecule has 2 heterocycles. The second-order valence-electron chi connectivity index (χ2n) is 7.70. The Morgan fingerprint density at radius 2 is 1.76 bits per heavy atom. The SMILES string of the molecule is CC(C)C(C(=O)Nc1ccc2c(c1F)CCNC2)N1C(=O)c2ccccc2C1=O. The first-order chi connectivity index (χ1) is 13.9. The van der Waals surface area contributed by atoms with Crippen LogP contribution in [0, 0.1) is 11.7 Å². The predicted molar refractivity (Wildman–Crippen MR) is 106 cm³/mol. The Labute approximate surface area is 168 Å². The maximum absolute atomic E-state index is 14.9. The fourth-order valence-corrected chi connectivity index (χ4v) is 4.02. The first-order valence-electron chi connectivity index (χ1n) is 9.69. The molecule has 0 spiro atoms. The lowest BCUT2D eigenvalue weighted by Gasteiger charge is -2.28. The molecule has 4 rings (SSSR count). The number of rotatable bonds is 4. The van der Waals surface area contributed by atoms with Crippen LogP contribution in [0.3, 0.4) is 0 Å². The molecule has 0 radical (unpaired) electrons. The molecular formula is C22H22FN3O3. The topological polar surface area (TPSA) is 78.5 Å². The largest absolute Gasteiger partial charge is 0.322 e. The van der Waals surface area contributed by atoms with E-state index >= 15 is 0 Å². The van der Waals surface area contributed by atoms with E-state index in [0.29, 0.717) is 25.1 Å². The maximum atomic E-state index is 14.9. The standard InChI is InChI=1S/C22H22FN3O3/c1-12(2)19(26-21(28)15-5-3-4-6-16(15)22(26)29)20(27)25-17-8-7-13-11-24-10-9-14(13)18(17)23/h3-8,12,19,24H,9-11H2,1-2H3,(H,25,27). The maximum Gasteiger partial charge on any atom is 0.262 e. The van der Waals surface area contributed by atoms with E-state index in [1.807, 2.05) is 0 Å². The fourth-order valence-electron chi connectivity index (χ4n) is 4.02. The van der Waals surface area contributed by atoms with Crippen molar-refractivity contribution in [1.82, 2.24) is 10.2 Å². The van der Waals surface area contributed by atoms with Crippen molar-refractivity contribution in [1.29, 1.82) is 0 Å². The van der Waals surface area contributed by atoms with Crippen LogP contribution in [0.5, 0.6) is 0 Å². The molecule has 150 valence electrons. The van der Waals surface area contributed by atoms with Gasteiger partial charge in [0.2, 0.25) is 5.91 Å². The number of hydrogen-bond acceptors (Lipinski definition) is 4. The summed E-state index contributed by atoms with van der Waals surface area (Å²) in [5.41, 5.74) is 2.08. The Morgan fingerprint density at radius 1 is 1.10 bits per heavy atom. The van der Waals surface area contributed by atoms with Crippen LogP contribution in [-0.4, -0.2) is 35.2 Å². The van der Waals surface area contributed by atoms with Crippen LogP contribution in [0.15, 0.2) is 36.4 Å². The number of nitrogens with zero attached hydrogens (tertiary/aromatic N) is 1. The lowest BCUT2D eigenvalue weighted by molar-refractivity contribution is -0.121. The highest BCUT2D eigenvalue weighted by molar-refractivity contribution is 6.23. The molecule has 7 heteroatoms. The quantitative estimate of drug-likeness (QED) is 0.781. The highest BCUT2D eigenvalue weighted by atomic mass is 19.1. The van der Waals surface area contributed by atoms with E-state index < -0.39 is 29.6 Å². The zero-order chi connectivity index (χ0) is 20.7. The smallest absolute Gasteiger partial charge is 0.262 e. The number of imide groups is 1. The minimum atomic E-state index is -1.04. The minimum absolute atomic E-state index is 0.0675. The molecule has 2 aliphatic rings. The molecule has 0 saturated heterocycles. The summed E-state index contributed by atoms with van der Waals surface area (Å²) in [7, 11) is 0. The van der Waals surface area contributed by atoms with Gasteiger partial charge in [0, 0.05) is 6.54 Å². The van der Waals surface area contributed by atoms with E-state index in [9.17, 15) is 18.8 Å². The number of nitrogens with one attached hydrogen (secondary N) is 2. The number of anilines is 1. The van der Waals surface area contributed by atoms with E-state index in [1.165, 1.54) is 6.07 Å². The molecule has 6 nitrogen and oxygen atoms in total. The van der Waals surface area contributed by atoms with Crippen LogP contribution in [0.25, 0.3) is 0 Å². The second-order valence-corrected chi connectivity index (χ2v) is 7.70. The molecule has 29 heavy (non-hydrogen) atoms. The highest BCUT2D eigenvalue weighted by Gasteiger charge is 2.44. The van der Waals surface area contributed by atoms with E-state index in [2.05, 4.69) is 10.6 Å². The number of carbonyl (C=O) groups is 3. The van der Waals surface area contributed by atoms with Gasteiger partial charge in [0.05, 0.1) is 16.8 Å². The molecule has 1 unspecified atom stereocenters. The third kappa shape index (κ3) is 3.21. The molecule has 1 atom stereocenters. The molecule has 2 aromatic carbocycles. The second kappa shape index (κ2) is 7.40. The predicted octanol–water partition coefficient (Wildman–Crippen LogP) is 2.73. The number of benzene rings is 2. The lowest BCUT2D eigenvalue weighted by atomic mass is 9.98. The van der Waals surface area contributed by atoms with Crippen molar-refractivity contribution in [3.05, 3.63) is 64.5 Å². The van der Waals surface area contributed by atoms with Gasteiger partial charge >= 0.3 is 0 Å². The Hall–Kier alpha value is -3.06. The van der Waals surface area contributed by atoms with Gasteiger partial charge in [0.25, 0.3) is 11.8 Å². The summed E-state index contributed by atoms with van der Waals surface area (Å²) >= 11 is 0. The lowest BCUT2D eigenvalue weighted by Crippen LogP contribution is -2.50. The molecular weight excluding hydrogens is 373 g/mol. The van der Waals surface area contributed by atoms with Gasteiger partial charge in [-0.05, 0) is 48.2 Å². The zero-order valence-electron chi connectivity index (χ0n) is 16.3. The van der Waals surface area contributed by atoms with Crippen molar-refractivity contribution in [2.24, 2.45) is 5.92 Å².